The first-order chi connectivity index (χ1) is 12.0. The summed E-state index contributed by atoms with van der Waals surface area (Å²) in [5.41, 5.74) is -0.816. The maximum atomic E-state index is 13.4. The lowest BCUT2D eigenvalue weighted by atomic mass is 9.72. The first-order valence-corrected chi connectivity index (χ1v) is 9.08. The van der Waals surface area contributed by atoms with Crippen molar-refractivity contribution in [2.45, 2.75) is 72.0 Å². The second kappa shape index (κ2) is 9.08. The van der Waals surface area contributed by atoms with Gasteiger partial charge in [0, 0.05) is 32.6 Å². The normalized spacial score (nSPS) is 25.4. The summed E-state index contributed by atoms with van der Waals surface area (Å²) >= 11 is 0. The van der Waals surface area contributed by atoms with Crippen LogP contribution in [0.25, 0.3) is 0 Å². The lowest BCUT2D eigenvalue weighted by molar-refractivity contribution is -0.0118. The van der Waals surface area contributed by atoms with Crippen LogP contribution in [-0.4, -0.2) is 55.9 Å². The number of allylic oxidation sites excluding steroid dienone is 1. The van der Waals surface area contributed by atoms with Gasteiger partial charge in [-0.2, -0.15) is 0 Å². The Morgan fingerprint density at radius 3 is 2.23 bits per heavy atom. The Hall–Kier alpha value is -1.28. The topological polar surface area (TPSA) is 46.4 Å². The Morgan fingerprint density at radius 2 is 1.81 bits per heavy atom. The molecule has 0 aromatic carbocycles. The number of nitrogens with zero attached hydrogens (tertiary/aromatic N) is 3. The molecule has 1 saturated heterocycles. The fraction of sp³-hybridized carbons (Fsp3) is 0.778. The van der Waals surface area contributed by atoms with Crippen molar-refractivity contribution in [3.05, 3.63) is 11.7 Å². The Bertz CT molecular complexity index is 565. The molecule has 148 valence electrons. The molecule has 0 saturated carbocycles. The van der Waals surface area contributed by atoms with E-state index < -0.39 is 30.7 Å². The zero-order valence-corrected chi connectivity index (χ0v) is 17.2. The van der Waals surface area contributed by atoms with Gasteiger partial charge in [-0.05, 0) is 32.7 Å². The van der Waals surface area contributed by atoms with Crippen LogP contribution in [0.15, 0.2) is 21.7 Å². The van der Waals surface area contributed by atoms with Crippen molar-refractivity contribution in [1.29, 1.82) is 0 Å². The molecular weight excluding hydrogens is 339 g/mol. The molecule has 26 heavy (non-hydrogen) atoms. The molecule has 0 N–H and O–H groups in total. The van der Waals surface area contributed by atoms with Gasteiger partial charge in [-0.1, -0.05) is 20.8 Å². The number of amidine groups is 1. The first-order valence-electron chi connectivity index (χ1n) is 9.08. The van der Waals surface area contributed by atoms with Crippen LogP contribution in [0.5, 0.6) is 0 Å². The second-order valence-corrected chi connectivity index (χ2v) is 7.52. The molecule has 5 nitrogen and oxygen atoms in total. The third kappa shape index (κ3) is 5.36. The minimum Gasteiger partial charge on any atom is -0.400 e. The van der Waals surface area contributed by atoms with Crippen molar-refractivity contribution in [1.82, 2.24) is 4.90 Å². The maximum absolute atomic E-state index is 13.4. The highest BCUT2D eigenvalue weighted by atomic mass is 19.3. The molecule has 1 heterocycles. The first kappa shape index (κ1) is 22.8. The van der Waals surface area contributed by atoms with Crippen molar-refractivity contribution >= 4 is 19.3 Å². The average molecular weight is 371 g/mol. The highest BCUT2D eigenvalue weighted by Crippen LogP contribution is 2.42. The molecule has 0 aromatic heterocycles. The largest absolute Gasteiger partial charge is 0.492 e. The van der Waals surface area contributed by atoms with Crippen molar-refractivity contribution in [3.63, 3.8) is 0 Å². The number of aliphatic imine (C=N–C) groups is 2. The minimum absolute atomic E-state index is 0.330. The standard InChI is InChI=1S/C18H32BF2N3O2/c1-9-15(23-12-24(7)8)22-11-14(13(3)16(20)21)19-25-17(4,5)18(6,10-2)26-19/h11-13,16H,9-10H2,1-8H3/b14-11+,22-15+,23-12+. The fourth-order valence-electron chi connectivity index (χ4n) is 2.53. The van der Waals surface area contributed by atoms with E-state index in [1.807, 2.05) is 48.7 Å². The summed E-state index contributed by atoms with van der Waals surface area (Å²) in [4.78, 5) is 10.4. The molecule has 0 bridgehead atoms. The molecule has 0 aromatic rings. The van der Waals surface area contributed by atoms with Crippen LogP contribution in [0.4, 0.5) is 8.78 Å². The molecule has 0 radical (unpaired) electrons. The van der Waals surface area contributed by atoms with Crippen LogP contribution in [0.1, 0.15) is 54.4 Å². The second-order valence-electron chi connectivity index (χ2n) is 7.52. The molecule has 1 rings (SSSR count). The van der Waals surface area contributed by atoms with Gasteiger partial charge < -0.3 is 14.2 Å². The summed E-state index contributed by atoms with van der Waals surface area (Å²) in [5.74, 6) is -0.483. The lowest BCUT2D eigenvalue weighted by Gasteiger charge is -2.35. The molecule has 1 aliphatic rings. The van der Waals surface area contributed by atoms with Crippen LogP contribution in [0.2, 0.25) is 0 Å². The van der Waals surface area contributed by atoms with Crippen molar-refractivity contribution in [2.24, 2.45) is 15.9 Å². The maximum Gasteiger partial charge on any atom is 0.492 e. The number of hydrogen-bond acceptors (Lipinski definition) is 3. The Kier molecular flexibility index (Phi) is 7.95. The summed E-state index contributed by atoms with van der Waals surface area (Å²) in [7, 11) is 2.86. The van der Waals surface area contributed by atoms with Gasteiger partial charge in [0.15, 0.2) is 0 Å². The van der Waals surface area contributed by atoms with Gasteiger partial charge in [0.25, 0.3) is 0 Å². The minimum atomic E-state index is -2.53. The van der Waals surface area contributed by atoms with Crippen LogP contribution >= 0.6 is 0 Å². The summed E-state index contributed by atoms with van der Waals surface area (Å²) in [5, 5.41) is 0. The SMILES string of the molecule is CCC(/N=C/N(C)C)=N\C=C(\B1OC(C)(C)C(C)(CC)O1)C(C)C(F)F. The molecule has 1 aliphatic heterocycles. The summed E-state index contributed by atoms with van der Waals surface area (Å²) in [6, 6.07) is 0. The monoisotopic (exact) mass is 371 g/mol. The van der Waals surface area contributed by atoms with Gasteiger partial charge in [0.05, 0.1) is 17.5 Å². The molecule has 0 spiro atoms. The quantitative estimate of drug-likeness (QED) is 0.383. The molecule has 2 unspecified atom stereocenters. The highest BCUT2D eigenvalue weighted by molar-refractivity contribution is 6.54. The molecule has 8 heteroatoms. The smallest absolute Gasteiger partial charge is 0.400 e. The van der Waals surface area contributed by atoms with Crippen LogP contribution in [0.3, 0.4) is 0 Å². The molecule has 0 amide bonds. The predicted octanol–water partition coefficient (Wildman–Crippen LogP) is 4.19. The molecule has 2 atom stereocenters. The third-order valence-corrected chi connectivity index (χ3v) is 5.01. The van der Waals surface area contributed by atoms with E-state index in [1.165, 1.54) is 13.1 Å². The zero-order valence-electron chi connectivity index (χ0n) is 17.2. The molecule has 0 aliphatic carbocycles. The van der Waals surface area contributed by atoms with E-state index >= 15 is 0 Å². The zero-order chi connectivity index (χ0) is 20.1. The van der Waals surface area contributed by atoms with E-state index in [9.17, 15) is 8.78 Å². The third-order valence-electron chi connectivity index (χ3n) is 5.01. The molecular formula is C18H32BF2N3O2. The number of hydrogen-bond donors (Lipinski definition) is 0. The highest BCUT2D eigenvalue weighted by Gasteiger charge is 2.55. The Balaban J connectivity index is 3.22. The lowest BCUT2D eigenvalue weighted by Crippen LogP contribution is -2.44. The van der Waals surface area contributed by atoms with E-state index in [-0.39, 0.29) is 0 Å². The van der Waals surface area contributed by atoms with E-state index in [2.05, 4.69) is 9.98 Å². The fourth-order valence-corrected chi connectivity index (χ4v) is 2.53. The average Bonchev–Trinajstić information content (AvgIpc) is 2.80. The number of alkyl halides is 2. The summed E-state index contributed by atoms with van der Waals surface area (Å²) < 4.78 is 38.9. The van der Waals surface area contributed by atoms with Gasteiger partial charge >= 0.3 is 7.12 Å². The van der Waals surface area contributed by atoms with E-state index in [0.717, 1.165) is 0 Å². The van der Waals surface area contributed by atoms with Crippen LogP contribution < -0.4 is 0 Å². The summed E-state index contributed by atoms with van der Waals surface area (Å²) in [6.45, 7) is 11.2. The predicted molar refractivity (Wildman–Crippen MR) is 104 cm³/mol. The van der Waals surface area contributed by atoms with Crippen molar-refractivity contribution in [3.8, 4) is 0 Å². The van der Waals surface area contributed by atoms with Gasteiger partial charge in [-0.3, -0.25) is 0 Å². The van der Waals surface area contributed by atoms with Gasteiger partial charge in [-0.25, -0.2) is 18.8 Å². The van der Waals surface area contributed by atoms with E-state index in [0.29, 0.717) is 24.1 Å². The van der Waals surface area contributed by atoms with Crippen LogP contribution in [0, 0.1) is 5.92 Å². The number of halogens is 2. The Labute approximate surface area is 156 Å². The molecule has 1 fully saturated rings. The van der Waals surface area contributed by atoms with Crippen LogP contribution in [-0.2, 0) is 9.31 Å². The Morgan fingerprint density at radius 1 is 1.19 bits per heavy atom. The summed E-state index contributed by atoms with van der Waals surface area (Å²) in [6.07, 6.45) is 1.83. The number of rotatable bonds is 7. The van der Waals surface area contributed by atoms with Gasteiger partial charge in [0.1, 0.15) is 5.84 Å². The van der Waals surface area contributed by atoms with Gasteiger partial charge in [0.2, 0.25) is 6.43 Å². The van der Waals surface area contributed by atoms with E-state index in [4.69, 9.17) is 9.31 Å². The van der Waals surface area contributed by atoms with Crippen molar-refractivity contribution < 1.29 is 18.1 Å². The van der Waals surface area contributed by atoms with Gasteiger partial charge in [-0.15, -0.1) is 0 Å². The van der Waals surface area contributed by atoms with E-state index in [1.54, 1.807) is 11.2 Å². The van der Waals surface area contributed by atoms with Crippen molar-refractivity contribution in [2.75, 3.05) is 14.1 Å².